The van der Waals surface area contributed by atoms with Gasteiger partial charge in [-0.2, -0.15) is 5.01 Å². The molecule has 7 nitrogen and oxygen atoms in total. The zero-order valence-electron chi connectivity index (χ0n) is 8.06. The average Bonchev–Trinajstić information content (AvgIpc) is 2.45. The smallest absolute Gasteiger partial charge is 0.335 e. The quantitative estimate of drug-likeness (QED) is 0.660. The predicted molar refractivity (Wildman–Crippen MR) is 48.3 cm³/mol. The van der Waals surface area contributed by atoms with Gasteiger partial charge in [0.1, 0.15) is 0 Å². The van der Waals surface area contributed by atoms with Crippen molar-refractivity contribution >= 4 is 12.1 Å². The normalized spacial score (nSPS) is 16.4. The molecular formula is C7H12N4O3. The molecule has 78 valence electrons. The van der Waals surface area contributed by atoms with Crippen molar-refractivity contribution in [3.05, 3.63) is 4.91 Å². The second-order valence-corrected chi connectivity index (χ2v) is 3.24. The Kier molecular flexibility index (Phi) is 3.00. The van der Waals surface area contributed by atoms with E-state index in [1.165, 1.54) is 0 Å². The van der Waals surface area contributed by atoms with E-state index < -0.39 is 12.1 Å². The van der Waals surface area contributed by atoms with Crippen LogP contribution in [0.15, 0.2) is 5.29 Å². The third-order valence-corrected chi connectivity index (χ3v) is 1.74. The number of hydrogen-bond donors (Lipinski definition) is 1. The second kappa shape index (κ2) is 4.03. The highest BCUT2D eigenvalue weighted by molar-refractivity contribution is 5.94. The van der Waals surface area contributed by atoms with Gasteiger partial charge in [-0.1, -0.05) is 0 Å². The van der Waals surface area contributed by atoms with Crippen LogP contribution in [0.5, 0.6) is 0 Å². The van der Waals surface area contributed by atoms with Crippen molar-refractivity contribution < 1.29 is 9.59 Å². The van der Waals surface area contributed by atoms with Crippen molar-refractivity contribution in [2.24, 2.45) is 5.29 Å². The number of nitrogens with zero attached hydrogens (tertiary/aromatic N) is 3. The van der Waals surface area contributed by atoms with Crippen LogP contribution in [0.4, 0.5) is 9.59 Å². The van der Waals surface area contributed by atoms with E-state index >= 15 is 0 Å². The maximum atomic E-state index is 11.4. The Balaban J connectivity index is 2.58. The standard InChI is InChI=1S/C7H12N4O3/c1-5(2)8-6(12)10-3-4-11(9-14)7(10)13/h5H,3-4H2,1-2H3,(H,8,12). The molecule has 14 heavy (non-hydrogen) atoms. The molecule has 1 rings (SSSR count). The van der Waals surface area contributed by atoms with Crippen LogP contribution in [0.25, 0.3) is 0 Å². The Bertz CT molecular complexity index is 266. The Morgan fingerprint density at radius 1 is 1.50 bits per heavy atom. The Labute approximate surface area is 81.0 Å². The average molecular weight is 200 g/mol. The molecule has 0 spiro atoms. The van der Waals surface area contributed by atoms with Gasteiger partial charge >= 0.3 is 12.1 Å². The third kappa shape index (κ3) is 1.98. The fourth-order valence-electron chi connectivity index (χ4n) is 1.11. The molecule has 0 bridgehead atoms. The molecule has 1 fully saturated rings. The number of amides is 4. The number of carbonyl (C=O) groups is 2. The van der Waals surface area contributed by atoms with E-state index in [-0.39, 0.29) is 19.1 Å². The first-order valence-electron chi connectivity index (χ1n) is 4.29. The number of nitrogens with one attached hydrogen (secondary N) is 1. The lowest BCUT2D eigenvalue weighted by Gasteiger charge is -2.15. The van der Waals surface area contributed by atoms with Crippen molar-refractivity contribution in [1.29, 1.82) is 0 Å². The van der Waals surface area contributed by atoms with Gasteiger partial charge in [-0.3, -0.25) is 0 Å². The van der Waals surface area contributed by atoms with Gasteiger partial charge in [-0.15, -0.1) is 4.91 Å². The molecule has 0 unspecified atom stereocenters. The molecule has 0 aliphatic carbocycles. The minimum atomic E-state index is -0.668. The predicted octanol–water partition coefficient (Wildman–Crippen LogP) is 0.523. The van der Waals surface area contributed by atoms with Crippen LogP contribution >= 0.6 is 0 Å². The molecule has 1 saturated heterocycles. The van der Waals surface area contributed by atoms with Gasteiger partial charge < -0.3 is 5.32 Å². The number of rotatable bonds is 2. The highest BCUT2D eigenvalue weighted by Gasteiger charge is 2.34. The Morgan fingerprint density at radius 3 is 2.57 bits per heavy atom. The third-order valence-electron chi connectivity index (χ3n) is 1.74. The molecule has 1 heterocycles. The minimum absolute atomic E-state index is 0.0476. The maximum Gasteiger partial charge on any atom is 0.351 e. The Hall–Kier alpha value is -1.66. The van der Waals surface area contributed by atoms with Crippen molar-refractivity contribution in [1.82, 2.24) is 15.2 Å². The van der Waals surface area contributed by atoms with Gasteiger partial charge in [0.2, 0.25) is 0 Å². The molecule has 0 aromatic carbocycles. The van der Waals surface area contributed by atoms with Crippen molar-refractivity contribution in [2.75, 3.05) is 13.1 Å². The number of imide groups is 1. The summed E-state index contributed by atoms with van der Waals surface area (Å²) in [5.74, 6) is 0. The summed E-state index contributed by atoms with van der Waals surface area (Å²) in [6, 6.07) is -1.21. The molecule has 1 aliphatic rings. The van der Waals surface area contributed by atoms with E-state index in [4.69, 9.17) is 0 Å². The second-order valence-electron chi connectivity index (χ2n) is 3.24. The monoisotopic (exact) mass is 200 g/mol. The van der Waals surface area contributed by atoms with E-state index in [1.807, 2.05) is 0 Å². The molecule has 0 radical (unpaired) electrons. The fourth-order valence-corrected chi connectivity index (χ4v) is 1.11. The molecule has 0 aromatic heterocycles. The number of hydrogen-bond acceptors (Lipinski definition) is 4. The van der Waals surface area contributed by atoms with Gasteiger partial charge in [0.05, 0.1) is 18.4 Å². The van der Waals surface area contributed by atoms with E-state index in [0.717, 1.165) is 9.91 Å². The van der Waals surface area contributed by atoms with Crippen molar-refractivity contribution in [2.45, 2.75) is 19.9 Å². The van der Waals surface area contributed by atoms with Crippen LogP contribution in [-0.4, -0.2) is 41.1 Å². The van der Waals surface area contributed by atoms with E-state index in [0.29, 0.717) is 0 Å². The zero-order valence-corrected chi connectivity index (χ0v) is 8.06. The first-order chi connectivity index (χ1) is 6.56. The Morgan fingerprint density at radius 2 is 2.14 bits per heavy atom. The largest absolute Gasteiger partial charge is 0.351 e. The fraction of sp³-hybridized carbons (Fsp3) is 0.714. The van der Waals surface area contributed by atoms with Crippen LogP contribution in [0.1, 0.15) is 13.8 Å². The molecular weight excluding hydrogens is 188 g/mol. The summed E-state index contributed by atoms with van der Waals surface area (Å²) in [7, 11) is 0. The topological polar surface area (TPSA) is 82.1 Å². The lowest BCUT2D eigenvalue weighted by Crippen LogP contribution is -2.44. The summed E-state index contributed by atoms with van der Waals surface area (Å²) < 4.78 is 0. The molecule has 1 aliphatic heterocycles. The molecule has 1 N–H and O–H groups in total. The van der Waals surface area contributed by atoms with Crippen LogP contribution in [0, 0.1) is 4.91 Å². The van der Waals surface area contributed by atoms with Gasteiger partial charge in [0.15, 0.2) is 0 Å². The van der Waals surface area contributed by atoms with Crippen LogP contribution in [0.3, 0.4) is 0 Å². The number of urea groups is 2. The van der Waals surface area contributed by atoms with Crippen molar-refractivity contribution in [3.63, 3.8) is 0 Å². The maximum absolute atomic E-state index is 11.4. The summed E-state index contributed by atoms with van der Waals surface area (Å²) in [4.78, 5) is 33.7. The van der Waals surface area contributed by atoms with E-state index in [2.05, 4.69) is 10.6 Å². The highest BCUT2D eigenvalue weighted by Crippen LogP contribution is 2.08. The molecule has 7 heteroatoms. The first kappa shape index (κ1) is 10.4. The highest BCUT2D eigenvalue weighted by atomic mass is 16.3. The summed E-state index contributed by atoms with van der Waals surface area (Å²) >= 11 is 0. The summed E-state index contributed by atoms with van der Waals surface area (Å²) in [5, 5.41) is 5.77. The number of nitroso groups, excluding NO2 is 1. The van der Waals surface area contributed by atoms with Gasteiger partial charge in [0.25, 0.3) is 0 Å². The molecule has 0 aromatic rings. The SMILES string of the molecule is CC(C)NC(=O)N1CCN(N=O)C1=O. The summed E-state index contributed by atoms with van der Waals surface area (Å²) in [6.07, 6.45) is 0. The molecule has 0 atom stereocenters. The minimum Gasteiger partial charge on any atom is -0.335 e. The van der Waals surface area contributed by atoms with Crippen LogP contribution in [-0.2, 0) is 0 Å². The lowest BCUT2D eigenvalue weighted by molar-refractivity contribution is 0.184. The summed E-state index contributed by atoms with van der Waals surface area (Å²) in [6.45, 7) is 3.93. The van der Waals surface area contributed by atoms with Crippen molar-refractivity contribution in [3.8, 4) is 0 Å². The van der Waals surface area contributed by atoms with Gasteiger partial charge in [-0.25, -0.2) is 14.5 Å². The first-order valence-corrected chi connectivity index (χ1v) is 4.29. The molecule has 4 amide bonds. The number of carbonyl (C=O) groups excluding carboxylic acids is 2. The summed E-state index contributed by atoms with van der Waals surface area (Å²) in [5.41, 5.74) is 0. The zero-order chi connectivity index (χ0) is 10.7. The van der Waals surface area contributed by atoms with Gasteiger partial charge in [0, 0.05) is 6.04 Å². The van der Waals surface area contributed by atoms with Crippen LogP contribution < -0.4 is 5.32 Å². The van der Waals surface area contributed by atoms with Crippen LogP contribution in [0.2, 0.25) is 0 Å². The van der Waals surface area contributed by atoms with E-state index in [9.17, 15) is 14.5 Å². The van der Waals surface area contributed by atoms with Gasteiger partial charge in [-0.05, 0) is 13.8 Å². The lowest BCUT2D eigenvalue weighted by atomic mass is 10.4. The van der Waals surface area contributed by atoms with E-state index in [1.54, 1.807) is 13.8 Å². The molecule has 0 saturated carbocycles.